The van der Waals surface area contributed by atoms with Crippen LogP contribution in [0.5, 0.6) is 11.5 Å². The summed E-state index contributed by atoms with van der Waals surface area (Å²) in [6.07, 6.45) is 2.79. The number of methoxy groups -OCH3 is 1. The predicted molar refractivity (Wildman–Crippen MR) is 136 cm³/mol. The first-order valence-electron chi connectivity index (χ1n) is 12.0. The molecule has 2 aromatic heterocycles. The molecular weight excluding hydrogens is 456 g/mol. The van der Waals surface area contributed by atoms with Crippen molar-refractivity contribution in [2.75, 3.05) is 19.0 Å². The minimum absolute atomic E-state index is 0.108. The molecule has 3 heterocycles. The molecule has 9 heteroatoms. The molecule has 0 radical (unpaired) electrons. The SMILES string of the molecule is CCCOc1cc([C@H]2CC(=O)Nc3c2c(C)nn3-c2nncc(-c3ccc(C)cc3)n2)ccc1OC. The van der Waals surface area contributed by atoms with Crippen molar-refractivity contribution in [3.8, 4) is 28.7 Å². The average molecular weight is 485 g/mol. The number of rotatable bonds is 7. The number of amides is 1. The summed E-state index contributed by atoms with van der Waals surface area (Å²) in [5.41, 5.74) is 5.42. The van der Waals surface area contributed by atoms with E-state index in [4.69, 9.17) is 19.6 Å². The Morgan fingerprint density at radius 1 is 1.11 bits per heavy atom. The second-order valence-electron chi connectivity index (χ2n) is 8.83. The molecule has 0 saturated carbocycles. The molecule has 0 saturated heterocycles. The van der Waals surface area contributed by atoms with Crippen LogP contribution in [0.25, 0.3) is 17.2 Å². The molecule has 4 aromatic rings. The fraction of sp³-hybridized carbons (Fsp3) is 0.296. The smallest absolute Gasteiger partial charge is 0.272 e. The highest BCUT2D eigenvalue weighted by Crippen LogP contribution is 2.42. The normalized spacial score (nSPS) is 14.8. The van der Waals surface area contributed by atoms with Gasteiger partial charge in [0.2, 0.25) is 5.91 Å². The van der Waals surface area contributed by atoms with E-state index in [0.717, 1.165) is 34.4 Å². The van der Waals surface area contributed by atoms with Gasteiger partial charge in [0.05, 0.1) is 31.3 Å². The van der Waals surface area contributed by atoms with E-state index in [-0.39, 0.29) is 11.8 Å². The van der Waals surface area contributed by atoms with Gasteiger partial charge < -0.3 is 14.8 Å². The molecule has 0 aliphatic carbocycles. The summed E-state index contributed by atoms with van der Waals surface area (Å²) < 4.78 is 13.0. The molecule has 1 N–H and O–H groups in total. The third-order valence-electron chi connectivity index (χ3n) is 6.24. The van der Waals surface area contributed by atoms with Crippen molar-refractivity contribution < 1.29 is 14.3 Å². The standard InChI is InChI=1S/C27H28N6O3/c1-5-12-36-23-13-19(10-11-22(23)35-4)20-14-24(34)30-26-25(20)17(3)32-33(26)27-29-21(15-28-31-27)18-8-6-16(2)7-9-18/h6-11,13,15,20H,5,12,14H2,1-4H3,(H,30,34)/t20-/m1/s1. The number of nitrogens with zero attached hydrogens (tertiary/aromatic N) is 5. The van der Waals surface area contributed by atoms with Crippen LogP contribution in [0, 0.1) is 13.8 Å². The van der Waals surface area contributed by atoms with Crippen LogP contribution in [0.2, 0.25) is 0 Å². The van der Waals surface area contributed by atoms with E-state index < -0.39 is 0 Å². The van der Waals surface area contributed by atoms with E-state index in [1.165, 1.54) is 0 Å². The van der Waals surface area contributed by atoms with Crippen molar-refractivity contribution in [2.24, 2.45) is 0 Å². The second kappa shape index (κ2) is 9.77. The van der Waals surface area contributed by atoms with Gasteiger partial charge in [-0.05, 0) is 38.0 Å². The van der Waals surface area contributed by atoms with Crippen molar-refractivity contribution >= 4 is 11.7 Å². The summed E-state index contributed by atoms with van der Waals surface area (Å²) in [7, 11) is 1.62. The number of nitrogens with one attached hydrogen (secondary N) is 1. The van der Waals surface area contributed by atoms with E-state index in [1.54, 1.807) is 18.0 Å². The van der Waals surface area contributed by atoms with Gasteiger partial charge in [0.1, 0.15) is 5.82 Å². The average Bonchev–Trinajstić information content (AvgIpc) is 3.23. The van der Waals surface area contributed by atoms with Gasteiger partial charge in [-0.15, -0.1) is 5.10 Å². The maximum atomic E-state index is 12.8. The van der Waals surface area contributed by atoms with Crippen LogP contribution in [0.3, 0.4) is 0 Å². The van der Waals surface area contributed by atoms with Crippen molar-refractivity contribution in [3.05, 3.63) is 71.0 Å². The number of aryl methyl sites for hydroxylation is 2. The molecule has 1 amide bonds. The number of anilines is 1. The van der Waals surface area contributed by atoms with Gasteiger partial charge in [-0.25, -0.2) is 4.98 Å². The molecule has 1 atom stereocenters. The van der Waals surface area contributed by atoms with Crippen molar-refractivity contribution in [1.29, 1.82) is 0 Å². The van der Waals surface area contributed by atoms with Crippen LogP contribution < -0.4 is 14.8 Å². The summed E-state index contributed by atoms with van der Waals surface area (Å²) in [4.78, 5) is 17.5. The van der Waals surface area contributed by atoms with E-state index in [2.05, 4.69) is 22.4 Å². The Bertz CT molecular complexity index is 1410. The van der Waals surface area contributed by atoms with Crippen LogP contribution in [0.15, 0.2) is 48.7 Å². The van der Waals surface area contributed by atoms with E-state index in [1.807, 2.05) is 56.3 Å². The van der Waals surface area contributed by atoms with Gasteiger partial charge in [0.25, 0.3) is 5.95 Å². The Kier molecular flexibility index (Phi) is 6.37. The van der Waals surface area contributed by atoms with Crippen molar-refractivity contribution in [1.82, 2.24) is 25.0 Å². The number of carbonyl (C=O) groups is 1. The zero-order valence-corrected chi connectivity index (χ0v) is 20.8. The number of hydrogen-bond acceptors (Lipinski definition) is 7. The van der Waals surface area contributed by atoms with Crippen LogP contribution in [-0.4, -0.2) is 44.6 Å². The van der Waals surface area contributed by atoms with Crippen molar-refractivity contribution in [3.63, 3.8) is 0 Å². The van der Waals surface area contributed by atoms with E-state index >= 15 is 0 Å². The largest absolute Gasteiger partial charge is 0.493 e. The molecule has 0 unspecified atom stereocenters. The molecule has 0 fully saturated rings. The molecule has 2 aromatic carbocycles. The predicted octanol–water partition coefficient (Wildman–Crippen LogP) is 4.61. The fourth-order valence-electron chi connectivity index (χ4n) is 4.46. The summed E-state index contributed by atoms with van der Waals surface area (Å²) in [5.74, 6) is 1.86. The first kappa shape index (κ1) is 23.5. The Labute approximate surface area is 209 Å². The monoisotopic (exact) mass is 484 g/mol. The molecule has 9 nitrogen and oxygen atoms in total. The molecule has 1 aliphatic rings. The second-order valence-corrected chi connectivity index (χ2v) is 8.83. The third kappa shape index (κ3) is 4.39. The Morgan fingerprint density at radius 3 is 2.67 bits per heavy atom. The number of hydrogen-bond donors (Lipinski definition) is 1. The number of benzene rings is 2. The maximum Gasteiger partial charge on any atom is 0.272 e. The quantitative estimate of drug-likeness (QED) is 0.408. The number of carbonyl (C=O) groups excluding carboxylic acids is 1. The Hall–Kier alpha value is -4.27. The minimum Gasteiger partial charge on any atom is -0.493 e. The minimum atomic E-state index is -0.203. The topological polar surface area (TPSA) is 104 Å². The van der Waals surface area contributed by atoms with Gasteiger partial charge in [0.15, 0.2) is 11.5 Å². The van der Waals surface area contributed by atoms with Gasteiger partial charge >= 0.3 is 0 Å². The van der Waals surface area contributed by atoms with Gasteiger partial charge in [-0.3, -0.25) is 4.79 Å². The lowest BCUT2D eigenvalue weighted by molar-refractivity contribution is -0.116. The van der Waals surface area contributed by atoms with E-state index in [9.17, 15) is 4.79 Å². The lowest BCUT2D eigenvalue weighted by atomic mass is 9.85. The zero-order chi connectivity index (χ0) is 25.2. The molecular formula is C27H28N6O3. The lowest BCUT2D eigenvalue weighted by Crippen LogP contribution is -2.25. The molecule has 0 spiro atoms. The highest BCUT2D eigenvalue weighted by Gasteiger charge is 2.34. The van der Waals surface area contributed by atoms with Crippen LogP contribution in [0.4, 0.5) is 5.82 Å². The van der Waals surface area contributed by atoms with Crippen LogP contribution in [-0.2, 0) is 4.79 Å². The van der Waals surface area contributed by atoms with Crippen LogP contribution >= 0.6 is 0 Å². The zero-order valence-electron chi connectivity index (χ0n) is 20.8. The van der Waals surface area contributed by atoms with Gasteiger partial charge in [0, 0.05) is 23.5 Å². The van der Waals surface area contributed by atoms with Crippen LogP contribution in [0.1, 0.15) is 48.1 Å². The first-order valence-corrected chi connectivity index (χ1v) is 12.0. The first-order chi connectivity index (χ1) is 17.5. The third-order valence-corrected chi connectivity index (χ3v) is 6.24. The lowest BCUT2D eigenvalue weighted by Gasteiger charge is -2.25. The number of aromatic nitrogens is 5. The molecule has 0 bridgehead atoms. The highest BCUT2D eigenvalue weighted by molar-refractivity contribution is 5.95. The molecule has 36 heavy (non-hydrogen) atoms. The maximum absolute atomic E-state index is 12.8. The molecule has 5 rings (SSSR count). The van der Waals surface area contributed by atoms with Gasteiger partial charge in [-0.2, -0.15) is 14.9 Å². The highest BCUT2D eigenvalue weighted by atomic mass is 16.5. The molecule has 184 valence electrons. The summed E-state index contributed by atoms with van der Waals surface area (Å²) in [5, 5.41) is 16.1. The summed E-state index contributed by atoms with van der Waals surface area (Å²) >= 11 is 0. The van der Waals surface area contributed by atoms with Crippen molar-refractivity contribution in [2.45, 2.75) is 39.5 Å². The number of fused-ring (bicyclic) bond motifs is 1. The molecule has 1 aliphatic heterocycles. The Balaban J connectivity index is 1.57. The number of ether oxygens (including phenoxy) is 2. The Morgan fingerprint density at radius 2 is 1.92 bits per heavy atom. The summed E-state index contributed by atoms with van der Waals surface area (Å²) in [6.45, 7) is 6.59. The fourth-order valence-corrected chi connectivity index (χ4v) is 4.46. The summed E-state index contributed by atoms with van der Waals surface area (Å²) in [6, 6.07) is 13.8. The van der Waals surface area contributed by atoms with E-state index in [0.29, 0.717) is 42.0 Å². The van der Waals surface area contributed by atoms with Gasteiger partial charge in [-0.1, -0.05) is 42.8 Å².